The minimum Gasteiger partial charge on any atom is -0.491 e. The first-order chi connectivity index (χ1) is 12.6. The van der Waals surface area contributed by atoms with Crippen LogP contribution < -0.4 is 14.8 Å². The van der Waals surface area contributed by atoms with Crippen LogP contribution in [0.1, 0.15) is 25.8 Å². The highest BCUT2D eigenvalue weighted by molar-refractivity contribution is 5.94. The first-order valence-corrected chi connectivity index (χ1v) is 8.97. The summed E-state index contributed by atoms with van der Waals surface area (Å²) in [5.41, 5.74) is 1.71. The molecule has 5 nitrogen and oxygen atoms in total. The molecule has 0 aliphatic heterocycles. The van der Waals surface area contributed by atoms with Gasteiger partial charge >= 0.3 is 0 Å². The maximum absolute atomic E-state index is 12.5. The fourth-order valence-electron chi connectivity index (χ4n) is 2.38. The second-order valence-electron chi connectivity index (χ2n) is 5.84. The predicted molar refractivity (Wildman–Crippen MR) is 103 cm³/mol. The van der Waals surface area contributed by atoms with Gasteiger partial charge in [-0.2, -0.15) is 0 Å². The third kappa shape index (κ3) is 6.08. The van der Waals surface area contributed by atoms with E-state index in [9.17, 15) is 4.79 Å². The number of benzene rings is 2. The van der Waals surface area contributed by atoms with Crippen LogP contribution in [0, 0.1) is 6.92 Å². The lowest BCUT2D eigenvalue weighted by atomic mass is 10.2. The molecule has 0 saturated carbocycles. The molecule has 0 radical (unpaired) electrons. The van der Waals surface area contributed by atoms with Gasteiger partial charge in [0, 0.05) is 12.3 Å². The Kier molecular flexibility index (Phi) is 7.96. The van der Waals surface area contributed by atoms with Crippen LogP contribution in [0.25, 0.3) is 0 Å². The third-order valence-corrected chi connectivity index (χ3v) is 3.85. The van der Waals surface area contributed by atoms with E-state index in [1.807, 2.05) is 69.3 Å². The standard InChI is InChI=1S/C21H27NO4/c1-4-19(26-20-9-7-6-8-16(20)3)21(23)22-17-10-12-18(13-11-17)25-15-14-24-5-2/h6-13,19H,4-5,14-15H2,1-3H3,(H,22,23). The van der Waals surface area contributed by atoms with Gasteiger partial charge in [0.15, 0.2) is 6.10 Å². The summed E-state index contributed by atoms with van der Waals surface area (Å²) in [5, 5.41) is 2.89. The van der Waals surface area contributed by atoms with Gasteiger partial charge in [-0.25, -0.2) is 0 Å². The van der Waals surface area contributed by atoms with Crippen LogP contribution >= 0.6 is 0 Å². The molecular formula is C21H27NO4. The van der Waals surface area contributed by atoms with Crippen LogP contribution in [-0.4, -0.2) is 31.8 Å². The fraction of sp³-hybridized carbons (Fsp3) is 0.381. The van der Waals surface area contributed by atoms with Crippen LogP contribution in [0.3, 0.4) is 0 Å². The van der Waals surface area contributed by atoms with E-state index < -0.39 is 6.10 Å². The summed E-state index contributed by atoms with van der Waals surface area (Å²) in [6.07, 6.45) is 0.0388. The predicted octanol–water partition coefficient (Wildman–Crippen LogP) is 4.21. The Balaban J connectivity index is 1.89. The molecule has 0 saturated heterocycles. The van der Waals surface area contributed by atoms with Gasteiger partial charge in [-0.15, -0.1) is 0 Å². The molecule has 140 valence electrons. The molecule has 0 spiro atoms. The van der Waals surface area contributed by atoms with Crippen molar-refractivity contribution in [2.75, 3.05) is 25.1 Å². The van der Waals surface area contributed by atoms with Crippen molar-refractivity contribution >= 4 is 11.6 Å². The zero-order valence-corrected chi connectivity index (χ0v) is 15.7. The molecule has 1 atom stereocenters. The van der Waals surface area contributed by atoms with Crippen molar-refractivity contribution in [2.24, 2.45) is 0 Å². The summed E-state index contributed by atoms with van der Waals surface area (Å²) < 4.78 is 16.7. The largest absolute Gasteiger partial charge is 0.491 e. The minimum absolute atomic E-state index is 0.166. The van der Waals surface area contributed by atoms with E-state index in [0.717, 1.165) is 17.1 Å². The number of amides is 1. The molecule has 0 fully saturated rings. The van der Waals surface area contributed by atoms with E-state index in [4.69, 9.17) is 14.2 Å². The summed E-state index contributed by atoms with van der Waals surface area (Å²) in [6, 6.07) is 15.0. The van der Waals surface area contributed by atoms with Crippen molar-refractivity contribution in [3.63, 3.8) is 0 Å². The highest BCUT2D eigenvalue weighted by atomic mass is 16.5. The molecule has 0 aromatic heterocycles. The summed E-state index contributed by atoms with van der Waals surface area (Å²) in [5.74, 6) is 1.30. The molecule has 1 unspecified atom stereocenters. The second-order valence-corrected chi connectivity index (χ2v) is 5.84. The van der Waals surface area contributed by atoms with Gasteiger partial charge < -0.3 is 19.5 Å². The maximum Gasteiger partial charge on any atom is 0.265 e. The van der Waals surface area contributed by atoms with Crippen LogP contribution in [0.4, 0.5) is 5.69 Å². The SMILES string of the molecule is CCOCCOc1ccc(NC(=O)C(CC)Oc2ccccc2C)cc1. The van der Waals surface area contributed by atoms with E-state index in [1.54, 1.807) is 0 Å². The molecule has 5 heteroatoms. The normalized spacial score (nSPS) is 11.7. The van der Waals surface area contributed by atoms with Gasteiger partial charge in [-0.1, -0.05) is 25.1 Å². The number of carbonyl (C=O) groups excluding carboxylic acids is 1. The Labute approximate surface area is 155 Å². The summed E-state index contributed by atoms with van der Waals surface area (Å²) in [4.78, 5) is 12.5. The number of ether oxygens (including phenoxy) is 3. The topological polar surface area (TPSA) is 56.8 Å². The highest BCUT2D eigenvalue weighted by Crippen LogP contribution is 2.20. The Morgan fingerprint density at radius 2 is 1.77 bits per heavy atom. The van der Waals surface area contributed by atoms with Crippen molar-refractivity contribution in [3.05, 3.63) is 54.1 Å². The summed E-state index contributed by atoms with van der Waals surface area (Å²) in [6.45, 7) is 7.58. The maximum atomic E-state index is 12.5. The van der Waals surface area contributed by atoms with Crippen molar-refractivity contribution in [1.29, 1.82) is 0 Å². The van der Waals surface area contributed by atoms with Gasteiger partial charge in [0.05, 0.1) is 6.61 Å². The lowest BCUT2D eigenvalue weighted by molar-refractivity contribution is -0.122. The molecule has 2 rings (SSSR count). The number of aryl methyl sites for hydroxylation is 1. The number of anilines is 1. The molecule has 0 aliphatic carbocycles. The quantitative estimate of drug-likeness (QED) is 0.647. The Morgan fingerprint density at radius 1 is 1.04 bits per heavy atom. The van der Waals surface area contributed by atoms with E-state index in [-0.39, 0.29) is 5.91 Å². The van der Waals surface area contributed by atoms with Gasteiger partial charge in [-0.3, -0.25) is 4.79 Å². The van der Waals surface area contributed by atoms with Gasteiger partial charge in [0.2, 0.25) is 0 Å². The Morgan fingerprint density at radius 3 is 2.42 bits per heavy atom. The highest BCUT2D eigenvalue weighted by Gasteiger charge is 2.19. The van der Waals surface area contributed by atoms with Crippen molar-refractivity contribution < 1.29 is 19.0 Å². The Hall–Kier alpha value is -2.53. The molecule has 0 heterocycles. The zero-order valence-electron chi connectivity index (χ0n) is 15.7. The molecule has 26 heavy (non-hydrogen) atoms. The van der Waals surface area contributed by atoms with E-state index in [1.165, 1.54) is 0 Å². The van der Waals surface area contributed by atoms with E-state index in [2.05, 4.69) is 5.32 Å². The molecule has 0 bridgehead atoms. The minimum atomic E-state index is -0.543. The van der Waals surface area contributed by atoms with Crippen molar-refractivity contribution in [1.82, 2.24) is 0 Å². The lowest BCUT2D eigenvalue weighted by Gasteiger charge is -2.18. The molecule has 1 N–H and O–H groups in total. The zero-order chi connectivity index (χ0) is 18.8. The lowest BCUT2D eigenvalue weighted by Crippen LogP contribution is -2.32. The number of rotatable bonds is 10. The number of nitrogens with one attached hydrogen (secondary N) is 1. The van der Waals surface area contributed by atoms with Crippen molar-refractivity contribution in [3.8, 4) is 11.5 Å². The summed E-state index contributed by atoms with van der Waals surface area (Å²) in [7, 11) is 0. The smallest absolute Gasteiger partial charge is 0.265 e. The monoisotopic (exact) mass is 357 g/mol. The number of carbonyl (C=O) groups is 1. The van der Waals surface area contributed by atoms with Crippen LogP contribution in [0.15, 0.2) is 48.5 Å². The van der Waals surface area contributed by atoms with Gasteiger partial charge in [0.25, 0.3) is 5.91 Å². The van der Waals surface area contributed by atoms with Crippen LogP contribution in [0.5, 0.6) is 11.5 Å². The molecule has 1 amide bonds. The molecule has 2 aromatic rings. The molecule has 2 aromatic carbocycles. The third-order valence-electron chi connectivity index (χ3n) is 3.85. The number of para-hydroxylation sites is 1. The first kappa shape index (κ1) is 19.8. The van der Waals surface area contributed by atoms with Crippen molar-refractivity contribution in [2.45, 2.75) is 33.3 Å². The van der Waals surface area contributed by atoms with E-state index >= 15 is 0 Å². The average Bonchev–Trinajstić information content (AvgIpc) is 2.66. The van der Waals surface area contributed by atoms with Crippen LogP contribution in [0.2, 0.25) is 0 Å². The summed E-state index contributed by atoms with van der Waals surface area (Å²) >= 11 is 0. The number of hydrogen-bond donors (Lipinski definition) is 1. The Bertz CT molecular complexity index is 685. The number of hydrogen-bond acceptors (Lipinski definition) is 4. The molecule has 0 aliphatic rings. The van der Waals surface area contributed by atoms with E-state index in [0.29, 0.717) is 31.9 Å². The molecular weight excluding hydrogens is 330 g/mol. The van der Waals surface area contributed by atoms with Gasteiger partial charge in [-0.05, 0) is 56.2 Å². The average molecular weight is 357 g/mol. The fourth-order valence-corrected chi connectivity index (χ4v) is 2.38. The van der Waals surface area contributed by atoms with Crippen LogP contribution in [-0.2, 0) is 9.53 Å². The van der Waals surface area contributed by atoms with Gasteiger partial charge in [0.1, 0.15) is 18.1 Å². The second kappa shape index (κ2) is 10.5. The first-order valence-electron chi connectivity index (χ1n) is 8.97.